The Bertz CT molecular complexity index is 66.5. The maximum Gasteiger partial charge on any atom is 0.0201 e. The first-order chi connectivity index (χ1) is 6.35. The monoisotopic (exact) mass is 188 g/mol. The van der Waals surface area contributed by atoms with E-state index in [-0.39, 0.29) is 0 Å². The standard InChI is InChI=1S/C5H12N2.C4H10.C2H6/c1-6-5-2-3-7-4-5;1-3-4-2;1-2/h5-7H,2-4H2,1H3;3-4H2,1-2H3;1-2H3. The van der Waals surface area contributed by atoms with Crippen LogP contribution in [0.3, 0.4) is 0 Å². The third-order valence-corrected chi connectivity index (χ3v) is 1.97. The van der Waals surface area contributed by atoms with Gasteiger partial charge >= 0.3 is 0 Å². The van der Waals surface area contributed by atoms with Crippen LogP contribution >= 0.6 is 0 Å². The summed E-state index contributed by atoms with van der Waals surface area (Å²) in [5.74, 6) is 0. The summed E-state index contributed by atoms with van der Waals surface area (Å²) in [5, 5.41) is 6.46. The van der Waals surface area contributed by atoms with Crippen LogP contribution < -0.4 is 10.6 Å². The van der Waals surface area contributed by atoms with E-state index in [4.69, 9.17) is 0 Å². The van der Waals surface area contributed by atoms with Gasteiger partial charge in [-0.05, 0) is 20.0 Å². The molecule has 0 amide bonds. The largest absolute Gasteiger partial charge is 0.316 e. The molecule has 2 N–H and O–H groups in total. The van der Waals surface area contributed by atoms with E-state index in [1.165, 1.54) is 25.8 Å². The van der Waals surface area contributed by atoms with E-state index >= 15 is 0 Å². The fourth-order valence-corrected chi connectivity index (χ4v) is 0.901. The molecule has 2 heteroatoms. The normalized spacial score (nSPS) is 19.6. The minimum absolute atomic E-state index is 0.736. The molecule has 1 aliphatic heterocycles. The van der Waals surface area contributed by atoms with Crippen LogP contribution in [0.4, 0.5) is 0 Å². The first-order valence-electron chi connectivity index (χ1n) is 5.73. The topological polar surface area (TPSA) is 24.1 Å². The fourth-order valence-electron chi connectivity index (χ4n) is 0.901. The lowest BCUT2D eigenvalue weighted by atomic mass is 10.3. The van der Waals surface area contributed by atoms with Gasteiger partial charge in [0.05, 0.1) is 0 Å². The maximum absolute atomic E-state index is 3.26. The molecule has 0 saturated carbocycles. The molecule has 2 nitrogen and oxygen atoms in total. The summed E-state index contributed by atoms with van der Waals surface area (Å²) in [6.07, 6.45) is 3.93. The average molecular weight is 188 g/mol. The van der Waals surface area contributed by atoms with Gasteiger partial charge in [-0.3, -0.25) is 0 Å². The average Bonchev–Trinajstić information content (AvgIpc) is 2.74. The van der Waals surface area contributed by atoms with E-state index in [1.54, 1.807) is 0 Å². The molecular formula is C11H28N2. The Morgan fingerprint density at radius 2 is 1.77 bits per heavy atom. The zero-order valence-corrected chi connectivity index (χ0v) is 10.1. The highest BCUT2D eigenvalue weighted by molar-refractivity contribution is 4.74. The summed E-state index contributed by atoms with van der Waals surface area (Å²) in [4.78, 5) is 0. The van der Waals surface area contributed by atoms with Gasteiger partial charge in [0.15, 0.2) is 0 Å². The Balaban J connectivity index is 0. The summed E-state index contributed by atoms with van der Waals surface area (Å²) in [7, 11) is 2.01. The van der Waals surface area contributed by atoms with Crippen molar-refractivity contribution in [3.05, 3.63) is 0 Å². The lowest BCUT2D eigenvalue weighted by molar-refractivity contribution is 0.611. The molecule has 0 aromatic rings. The highest BCUT2D eigenvalue weighted by Crippen LogP contribution is 1.93. The molecule has 1 aliphatic rings. The molecule has 1 unspecified atom stereocenters. The fraction of sp³-hybridized carbons (Fsp3) is 1.00. The van der Waals surface area contributed by atoms with Crippen molar-refractivity contribution < 1.29 is 0 Å². The molecule has 0 aromatic carbocycles. The van der Waals surface area contributed by atoms with Gasteiger partial charge < -0.3 is 10.6 Å². The molecule has 0 aromatic heterocycles. The van der Waals surface area contributed by atoms with E-state index in [2.05, 4.69) is 24.5 Å². The quantitative estimate of drug-likeness (QED) is 0.695. The highest BCUT2D eigenvalue weighted by Gasteiger charge is 2.09. The summed E-state index contributed by atoms with van der Waals surface area (Å²) < 4.78 is 0. The molecule has 82 valence electrons. The molecule has 1 saturated heterocycles. The Hall–Kier alpha value is -0.0800. The minimum Gasteiger partial charge on any atom is -0.316 e. The Morgan fingerprint density at radius 3 is 1.92 bits per heavy atom. The number of likely N-dealkylation sites (N-methyl/N-ethyl adjacent to an activating group) is 1. The number of rotatable bonds is 2. The predicted octanol–water partition coefficient (Wildman–Crippen LogP) is 2.40. The summed E-state index contributed by atoms with van der Waals surface area (Å²) in [6.45, 7) is 10.7. The van der Waals surface area contributed by atoms with Gasteiger partial charge in [0, 0.05) is 12.6 Å². The molecule has 0 spiro atoms. The van der Waals surface area contributed by atoms with Crippen LogP contribution in [-0.4, -0.2) is 26.2 Å². The smallest absolute Gasteiger partial charge is 0.0201 e. The van der Waals surface area contributed by atoms with Gasteiger partial charge in [-0.1, -0.05) is 40.5 Å². The van der Waals surface area contributed by atoms with E-state index in [0.717, 1.165) is 12.6 Å². The van der Waals surface area contributed by atoms with Gasteiger partial charge in [0.25, 0.3) is 0 Å². The Labute approximate surface area is 84.5 Å². The van der Waals surface area contributed by atoms with Gasteiger partial charge in [-0.25, -0.2) is 0 Å². The van der Waals surface area contributed by atoms with Crippen molar-refractivity contribution in [2.75, 3.05) is 20.1 Å². The van der Waals surface area contributed by atoms with Crippen molar-refractivity contribution in [3.8, 4) is 0 Å². The summed E-state index contributed by atoms with van der Waals surface area (Å²) in [6, 6.07) is 0.736. The third kappa shape index (κ3) is 11.9. The van der Waals surface area contributed by atoms with Gasteiger partial charge in [0.1, 0.15) is 0 Å². The summed E-state index contributed by atoms with van der Waals surface area (Å²) >= 11 is 0. The number of unbranched alkanes of at least 4 members (excludes halogenated alkanes) is 1. The van der Waals surface area contributed by atoms with Crippen molar-refractivity contribution in [1.82, 2.24) is 10.6 Å². The first kappa shape index (κ1) is 15.4. The SMILES string of the molecule is CC.CCCC.CNC1CCNC1. The van der Waals surface area contributed by atoms with Gasteiger partial charge in [0.2, 0.25) is 0 Å². The number of hydrogen-bond donors (Lipinski definition) is 2. The van der Waals surface area contributed by atoms with Crippen molar-refractivity contribution in [3.63, 3.8) is 0 Å². The van der Waals surface area contributed by atoms with Crippen LogP contribution in [0.25, 0.3) is 0 Å². The van der Waals surface area contributed by atoms with Crippen molar-refractivity contribution in [1.29, 1.82) is 0 Å². The van der Waals surface area contributed by atoms with Crippen LogP contribution in [0.2, 0.25) is 0 Å². The second-order valence-corrected chi connectivity index (χ2v) is 2.98. The third-order valence-electron chi connectivity index (χ3n) is 1.97. The van der Waals surface area contributed by atoms with Crippen LogP contribution in [0.15, 0.2) is 0 Å². The van der Waals surface area contributed by atoms with E-state index in [0.29, 0.717) is 0 Å². The Kier molecular flexibility index (Phi) is 17.1. The van der Waals surface area contributed by atoms with Crippen LogP contribution in [-0.2, 0) is 0 Å². The molecule has 1 atom stereocenters. The molecule has 1 rings (SSSR count). The van der Waals surface area contributed by atoms with Crippen molar-refractivity contribution in [2.45, 2.75) is 53.0 Å². The minimum atomic E-state index is 0.736. The molecular weight excluding hydrogens is 160 g/mol. The predicted molar refractivity (Wildman–Crippen MR) is 62.3 cm³/mol. The second kappa shape index (κ2) is 14.4. The molecule has 13 heavy (non-hydrogen) atoms. The maximum atomic E-state index is 3.26. The van der Waals surface area contributed by atoms with Crippen molar-refractivity contribution in [2.24, 2.45) is 0 Å². The van der Waals surface area contributed by atoms with Crippen LogP contribution in [0, 0.1) is 0 Å². The highest BCUT2D eigenvalue weighted by atomic mass is 15.0. The molecule has 0 bridgehead atoms. The lowest BCUT2D eigenvalue weighted by Crippen LogP contribution is -2.26. The van der Waals surface area contributed by atoms with Crippen molar-refractivity contribution >= 4 is 0 Å². The van der Waals surface area contributed by atoms with Crippen LogP contribution in [0.5, 0.6) is 0 Å². The van der Waals surface area contributed by atoms with E-state index in [9.17, 15) is 0 Å². The first-order valence-corrected chi connectivity index (χ1v) is 5.73. The van der Waals surface area contributed by atoms with Crippen LogP contribution in [0.1, 0.15) is 47.0 Å². The summed E-state index contributed by atoms with van der Waals surface area (Å²) in [5.41, 5.74) is 0. The molecule has 1 fully saturated rings. The molecule has 0 radical (unpaired) electrons. The molecule has 1 heterocycles. The number of hydrogen-bond acceptors (Lipinski definition) is 2. The molecule has 0 aliphatic carbocycles. The zero-order valence-electron chi connectivity index (χ0n) is 10.1. The van der Waals surface area contributed by atoms with Gasteiger partial charge in [-0.15, -0.1) is 0 Å². The van der Waals surface area contributed by atoms with E-state index in [1.807, 2.05) is 20.9 Å². The lowest BCUT2D eigenvalue weighted by Gasteiger charge is -2.02. The zero-order chi connectivity index (χ0) is 10.5. The Morgan fingerprint density at radius 1 is 1.23 bits per heavy atom. The number of nitrogens with one attached hydrogen (secondary N) is 2. The second-order valence-electron chi connectivity index (χ2n) is 2.98. The van der Waals surface area contributed by atoms with E-state index < -0.39 is 0 Å². The van der Waals surface area contributed by atoms with Gasteiger partial charge in [-0.2, -0.15) is 0 Å².